The molecule has 1 radical (unpaired) electrons. The van der Waals surface area contributed by atoms with E-state index in [1.54, 1.807) is 0 Å². The van der Waals surface area contributed by atoms with Gasteiger partial charge in [-0.1, -0.05) is 0 Å². The van der Waals surface area contributed by atoms with Crippen molar-refractivity contribution in [3.8, 4) is 11.3 Å². The summed E-state index contributed by atoms with van der Waals surface area (Å²) in [6, 6.07) is 7.66. The molecule has 1 N–H and O–H groups in total. The molecule has 0 bridgehead atoms. The zero-order chi connectivity index (χ0) is 17.9. The Bertz CT molecular complexity index is 839. The van der Waals surface area contributed by atoms with Crippen molar-refractivity contribution in [3.05, 3.63) is 56.2 Å². The Kier molecular flexibility index (Phi) is 6.18. The molecule has 0 unspecified atom stereocenters. The predicted molar refractivity (Wildman–Crippen MR) is 93.4 cm³/mol. The van der Waals surface area contributed by atoms with Crippen LogP contribution in [0, 0.1) is 6.92 Å². The first-order valence-electron chi connectivity index (χ1n) is 7.71. The van der Waals surface area contributed by atoms with Crippen molar-refractivity contribution >= 4 is 16.2 Å². The molecule has 2 aromatic rings. The van der Waals surface area contributed by atoms with Gasteiger partial charge < -0.3 is 0 Å². The van der Waals surface area contributed by atoms with Crippen LogP contribution in [0.4, 0.5) is 0 Å². The van der Waals surface area contributed by atoms with E-state index in [0.29, 0.717) is 11.3 Å². The molecule has 0 spiro atoms. The van der Waals surface area contributed by atoms with Gasteiger partial charge in [-0.15, -0.1) is 0 Å². The molecule has 0 aliphatic heterocycles. The van der Waals surface area contributed by atoms with E-state index in [0.717, 1.165) is 14.7 Å². The number of hydrogen-bond donors (Lipinski definition) is 1. The van der Waals surface area contributed by atoms with E-state index >= 15 is 0 Å². The van der Waals surface area contributed by atoms with Crippen LogP contribution in [0.25, 0.3) is 11.3 Å². The molecule has 1 aromatic heterocycles. The Morgan fingerprint density at radius 1 is 1.29 bits per heavy atom. The van der Waals surface area contributed by atoms with Crippen LogP contribution in [0.5, 0.6) is 0 Å². The molecule has 0 aliphatic rings. The second kappa shape index (κ2) is 7.94. The average molecular weight is 396 g/mol. The van der Waals surface area contributed by atoms with E-state index < -0.39 is 5.69 Å². The van der Waals surface area contributed by atoms with Gasteiger partial charge in [-0.05, 0) is 0 Å². The molecule has 6 nitrogen and oxygen atoms in total. The van der Waals surface area contributed by atoms with Gasteiger partial charge >= 0.3 is 148 Å². The molecule has 1 heterocycles. The monoisotopic (exact) mass is 397 g/mol. The molecular formula is C17H21N2O4Se. The van der Waals surface area contributed by atoms with Crippen LogP contribution in [0.15, 0.2) is 33.9 Å². The Balaban J connectivity index is 2.81. The maximum absolute atomic E-state index is 12.6. The number of aliphatic hydroxyl groups excluding tert-OH is 1. The number of ether oxygens (including phenoxy) is 1. The third-order valence-electron chi connectivity index (χ3n) is 3.67. The summed E-state index contributed by atoms with van der Waals surface area (Å²) >= 11 is 2.52. The Morgan fingerprint density at radius 3 is 2.58 bits per heavy atom. The number of rotatable bonds is 6. The third kappa shape index (κ3) is 3.70. The van der Waals surface area contributed by atoms with Crippen molar-refractivity contribution in [1.82, 2.24) is 8.15 Å². The fourth-order valence-electron chi connectivity index (χ4n) is 2.61. The molecule has 129 valence electrons. The SMILES string of the molecule is Cc1cccc(-c2c(C(C)C)c(=O)n([Se])c(=O)n2COCCO)c1. The van der Waals surface area contributed by atoms with E-state index in [4.69, 9.17) is 9.84 Å². The summed E-state index contributed by atoms with van der Waals surface area (Å²) in [5.74, 6) is -0.0719. The van der Waals surface area contributed by atoms with Gasteiger partial charge in [-0.25, -0.2) is 0 Å². The second-order valence-corrected chi connectivity index (χ2v) is 6.62. The molecule has 24 heavy (non-hydrogen) atoms. The number of aliphatic hydroxyl groups is 1. The van der Waals surface area contributed by atoms with Gasteiger partial charge in [0.05, 0.1) is 0 Å². The number of aryl methyl sites for hydroxylation is 1. The van der Waals surface area contributed by atoms with E-state index in [9.17, 15) is 9.59 Å². The number of hydrogen-bond acceptors (Lipinski definition) is 4. The molecule has 0 saturated heterocycles. The first-order valence-corrected chi connectivity index (χ1v) is 8.48. The van der Waals surface area contributed by atoms with Gasteiger partial charge in [0.25, 0.3) is 0 Å². The zero-order valence-electron chi connectivity index (χ0n) is 14.0. The number of aromatic nitrogens is 2. The molecule has 0 saturated carbocycles. The number of nitrogens with zero attached hydrogens (tertiary/aromatic N) is 2. The Hall–Kier alpha value is -1.66. The first kappa shape index (κ1) is 18.7. The molecule has 0 atom stereocenters. The van der Waals surface area contributed by atoms with Gasteiger partial charge in [0.2, 0.25) is 0 Å². The fraction of sp³-hybridized carbons (Fsp3) is 0.412. The third-order valence-corrected chi connectivity index (χ3v) is 4.35. The first-order chi connectivity index (χ1) is 11.4. The van der Waals surface area contributed by atoms with E-state index in [1.165, 1.54) is 4.57 Å². The maximum atomic E-state index is 12.6. The summed E-state index contributed by atoms with van der Waals surface area (Å²) < 4.78 is 7.77. The molecular weight excluding hydrogens is 375 g/mol. The van der Waals surface area contributed by atoms with Crippen LogP contribution >= 0.6 is 0 Å². The quantitative estimate of drug-likeness (QED) is 0.584. The van der Waals surface area contributed by atoms with Crippen molar-refractivity contribution in [2.45, 2.75) is 33.4 Å². The van der Waals surface area contributed by atoms with Crippen molar-refractivity contribution in [2.75, 3.05) is 13.2 Å². The molecule has 2 rings (SSSR count). The summed E-state index contributed by atoms with van der Waals surface area (Å²) in [6.07, 6.45) is 0. The standard InChI is InChI=1S/C17H21N2O4Se/c1-11(2)14-15(13-6-4-5-12(3)9-13)18(10-23-8-7-20)17(22)19(24)16(14)21/h4-6,9,11,20H,7-8,10H2,1-3H3. The average Bonchev–Trinajstić information content (AvgIpc) is 2.54. The van der Waals surface area contributed by atoms with Crippen LogP contribution in [0.3, 0.4) is 0 Å². The Labute approximate surface area is 148 Å². The van der Waals surface area contributed by atoms with Gasteiger partial charge in [0, 0.05) is 0 Å². The topological polar surface area (TPSA) is 73.5 Å². The van der Waals surface area contributed by atoms with Crippen molar-refractivity contribution < 1.29 is 9.84 Å². The van der Waals surface area contributed by atoms with Gasteiger partial charge in [-0.3, -0.25) is 0 Å². The summed E-state index contributed by atoms with van der Waals surface area (Å²) in [5, 5.41) is 8.90. The zero-order valence-corrected chi connectivity index (χ0v) is 15.7. The van der Waals surface area contributed by atoms with E-state index in [1.807, 2.05) is 45.0 Å². The van der Waals surface area contributed by atoms with Crippen LogP contribution in [-0.2, 0) is 11.5 Å². The van der Waals surface area contributed by atoms with Gasteiger partial charge in [0.15, 0.2) is 0 Å². The predicted octanol–water partition coefficient (Wildman–Crippen LogP) is 1.01. The molecule has 1 aromatic carbocycles. The summed E-state index contributed by atoms with van der Waals surface area (Å²) in [4.78, 5) is 25.2. The van der Waals surface area contributed by atoms with Crippen LogP contribution < -0.4 is 11.2 Å². The van der Waals surface area contributed by atoms with Crippen LogP contribution in [0.2, 0.25) is 0 Å². The number of benzene rings is 1. The molecule has 0 aliphatic carbocycles. The van der Waals surface area contributed by atoms with Crippen LogP contribution in [-0.4, -0.2) is 42.7 Å². The molecule has 7 heteroatoms. The minimum atomic E-state index is -0.487. The van der Waals surface area contributed by atoms with Crippen molar-refractivity contribution in [3.63, 3.8) is 0 Å². The second-order valence-electron chi connectivity index (χ2n) is 5.86. The van der Waals surface area contributed by atoms with E-state index in [2.05, 4.69) is 16.2 Å². The summed E-state index contributed by atoms with van der Waals surface area (Å²) in [7, 11) is 0. The van der Waals surface area contributed by atoms with E-state index in [-0.39, 0.29) is 31.4 Å². The normalized spacial score (nSPS) is 11.2. The van der Waals surface area contributed by atoms with Gasteiger partial charge in [-0.2, -0.15) is 0 Å². The Morgan fingerprint density at radius 2 is 2.00 bits per heavy atom. The van der Waals surface area contributed by atoms with Gasteiger partial charge in [0.1, 0.15) is 0 Å². The fourth-order valence-corrected chi connectivity index (χ4v) is 3.03. The summed E-state index contributed by atoms with van der Waals surface area (Å²) in [6.45, 7) is 5.73. The summed E-state index contributed by atoms with van der Waals surface area (Å²) in [5.41, 5.74) is 2.11. The van der Waals surface area contributed by atoms with Crippen LogP contribution in [0.1, 0.15) is 30.9 Å². The van der Waals surface area contributed by atoms with Crippen molar-refractivity contribution in [1.29, 1.82) is 0 Å². The molecule has 0 fully saturated rings. The van der Waals surface area contributed by atoms with Crippen molar-refractivity contribution in [2.24, 2.45) is 0 Å². The minimum absolute atomic E-state index is 0.0374. The molecule has 0 amide bonds.